The molecule has 1 heterocycles. The normalized spacial score (nSPS) is 24.9. The second kappa shape index (κ2) is 5.98. The SMILES string of the molecule is CCNC(c1cccc(C(F)(F)F)c1)C1(C)CCCS1. The zero-order valence-electron chi connectivity index (χ0n) is 11.8. The van der Waals surface area contributed by atoms with Crippen LogP contribution in [0.5, 0.6) is 0 Å². The molecule has 0 amide bonds. The minimum absolute atomic E-state index is 0.0275. The smallest absolute Gasteiger partial charge is 0.309 e. The Morgan fingerprint density at radius 1 is 1.40 bits per heavy atom. The Bertz CT molecular complexity index is 453. The minimum Gasteiger partial charge on any atom is -0.309 e. The number of alkyl halides is 3. The summed E-state index contributed by atoms with van der Waals surface area (Å²) in [5.41, 5.74) is 0.170. The van der Waals surface area contributed by atoms with Gasteiger partial charge in [-0.05, 0) is 49.8 Å². The van der Waals surface area contributed by atoms with Crippen LogP contribution in [0.15, 0.2) is 24.3 Å². The minimum atomic E-state index is -4.28. The molecule has 1 fully saturated rings. The molecule has 1 nitrogen and oxygen atoms in total. The second-order valence-corrected chi connectivity index (χ2v) is 7.01. The molecule has 112 valence electrons. The van der Waals surface area contributed by atoms with E-state index in [0.717, 1.165) is 36.8 Å². The van der Waals surface area contributed by atoms with Crippen LogP contribution in [0.25, 0.3) is 0 Å². The largest absolute Gasteiger partial charge is 0.416 e. The van der Waals surface area contributed by atoms with Crippen molar-refractivity contribution in [1.82, 2.24) is 5.32 Å². The lowest BCUT2D eigenvalue weighted by molar-refractivity contribution is -0.137. The zero-order chi connectivity index (χ0) is 14.8. The maximum atomic E-state index is 12.9. The summed E-state index contributed by atoms with van der Waals surface area (Å²) >= 11 is 1.86. The van der Waals surface area contributed by atoms with Crippen molar-refractivity contribution in [2.24, 2.45) is 0 Å². The average Bonchev–Trinajstić information content (AvgIpc) is 2.83. The molecule has 1 aliphatic heterocycles. The van der Waals surface area contributed by atoms with Gasteiger partial charge in [0.25, 0.3) is 0 Å². The monoisotopic (exact) mass is 303 g/mol. The summed E-state index contributed by atoms with van der Waals surface area (Å²) < 4.78 is 38.6. The van der Waals surface area contributed by atoms with E-state index in [1.54, 1.807) is 6.07 Å². The van der Waals surface area contributed by atoms with Gasteiger partial charge in [0.15, 0.2) is 0 Å². The molecule has 5 heteroatoms. The molecule has 0 radical (unpaired) electrons. The molecule has 1 saturated heterocycles. The third-order valence-electron chi connectivity index (χ3n) is 3.82. The van der Waals surface area contributed by atoms with Crippen LogP contribution >= 0.6 is 11.8 Å². The van der Waals surface area contributed by atoms with Crippen LogP contribution in [0, 0.1) is 0 Å². The van der Waals surface area contributed by atoms with E-state index in [2.05, 4.69) is 12.2 Å². The first-order valence-electron chi connectivity index (χ1n) is 6.91. The number of benzene rings is 1. The highest BCUT2D eigenvalue weighted by atomic mass is 32.2. The van der Waals surface area contributed by atoms with Gasteiger partial charge < -0.3 is 5.32 Å². The van der Waals surface area contributed by atoms with Crippen LogP contribution in [-0.4, -0.2) is 17.0 Å². The highest BCUT2D eigenvalue weighted by Crippen LogP contribution is 2.47. The van der Waals surface area contributed by atoms with Gasteiger partial charge in [0.2, 0.25) is 0 Å². The second-order valence-electron chi connectivity index (χ2n) is 5.38. The summed E-state index contributed by atoms with van der Waals surface area (Å²) in [7, 11) is 0. The molecule has 20 heavy (non-hydrogen) atoms. The van der Waals surface area contributed by atoms with E-state index in [0.29, 0.717) is 0 Å². The van der Waals surface area contributed by atoms with Crippen LogP contribution in [0.2, 0.25) is 0 Å². The first kappa shape index (κ1) is 15.7. The van der Waals surface area contributed by atoms with Gasteiger partial charge in [0.1, 0.15) is 0 Å². The molecule has 0 saturated carbocycles. The van der Waals surface area contributed by atoms with Crippen molar-refractivity contribution in [3.63, 3.8) is 0 Å². The van der Waals surface area contributed by atoms with E-state index in [4.69, 9.17) is 0 Å². The molecule has 1 aromatic rings. The Morgan fingerprint density at radius 2 is 2.15 bits per heavy atom. The molecule has 1 N–H and O–H groups in total. The standard InChI is InChI=1S/C15H20F3NS/c1-3-19-13(14(2)8-5-9-20-14)11-6-4-7-12(10-11)15(16,17)18/h4,6-7,10,13,19H,3,5,8-9H2,1-2H3. The van der Waals surface area contributed by atoms with Gasteiger partial charge in [0.05, 0.1) is 5.56 Å². The first-order chi connectivity index (χ1) is 9.37. The number of rotatable bonds is 4. The maximum Gasteiger partial charge on any atom is 0.416 e. The number of nitrogens with one attached hydrogen (secondary N) is 1. The van der Waals surface area contributed by atoms with Crippen molar-refractivity contribution in [2.75, 3.05) is 12.3 Å². The Balaban J connectivity index is 2.34. The van der Waals surface area contributed by atoms with Gasteiger partial charge in [-0.2, -0.15) is 24.9 Å². The molecule has 0 aromatic heterocycles. The van der Waals surface area contributed by atoms with E-state index >= 15 is 0 Å². The maximum absolute atomic E-state index is 12.9. The van der Waals surface area contributed by atoms with E-state index in [-0.39, 0.29) is 10.8 Å². The average molecular weight is 303 g/mol. The molecule has 0 aliphatic carbocycles. The van der Waals surface area contributed by atoms with Crippen molar-refractivity contribution in [3.8, 4) is 0 Å². The van der Waals surface area contributed by atoms with Crippen molar-refractivity contribution in [3.05, 3.63) is 35.4 Å². The zero-order valence-corrected chi connectivity index (χ0v) is 12.6. The summed E-state index contributed by atoms with van der Waals surface area (Å²) in [5.74, 6) is 1.08. The molecule has 1 aliphatic rings. The quantitative estimate of drug-likeness (QED) is 0.869. The molecule has 1 aromatic carbocycles. The van der Waals surface area contributed by atoms with E-state index in [1.807, 2.05) is 18.7 Å². The number of halogens is 3. The van der Waals surface area contributed by atoms with Crippen molar-refractivity contribution in [1.29, 1.82) is 0 Å². The van der Waals surface area contributed by atoms with Crippen LogP contribution in [0.1, 0.15) is 43.9 Å². The Kier molecular flexibility index (Phi) is 4.69. The predicted molar refractivity (Wildman–Crippen MR) is 78.0 cm³/mol. The summed E-state index contributed by atoms with van der Waals surface area (Å²) in [6, 6.07) is 5.69. The van der Waals surface area contributed by atoms with Crippen molar-refractivity contribution < 1.29 is 13.2 Å². The fraction of sp³-hybridized carbons (Fsp3) is 0.600. The van der Waals surface area contributed by atoms with Crippen LogP contribution in [0.4, 0.5) is 13.2 Å². The molecular weight excluding hydrogens is 283 g/mol. The van der Waals surface area contributed by atoms with Gasteiger partial charge >= 0.3 is 6.18 Å². The van der Waals surface area contributed by atoms with E-state index < -0.39 is 11.7 Å². The van der Waals surface area contributed by atoms with Gasteiger partial charge in [-0.3, -0.25) is 0 Å². The topological polar surface area (TPSA) is 12.0 Å². The lowest BCUT2D eigenvalue weighted by atomic mass is 9.89. The molecule has 0 spiro atoms. The third kappa shape index (κ3) is 3.31. The fourth-order valence-corrected chi connectivity index (χ4v) is 4.24. The van der Waals surface area contributed by atoms with Crippen LogP contribution in [-0.2, 0) is 6.18 Å². The van der Waals surface area contributed by atoms with Crippen molar-refractivity contribution in [2.45, 2.75) is 43.7 Å². The predicted octanol–water partition coefficient (Wildman–Crippen LogP) is 4.64. The number of hydrogen-bond acceptors (Lipinski definition) is 2. The number of thioether (sulfide) groups is 1. The highest BCUT2D eigenvalue weighted by molar-refractivity contribution is 8.00. The van der Waals surface area contributed by atoms with Gasteiger partial charge in [-0.1, -0.05) is 19.1 Å². The Morgan fingerprint density at radius 3 is 2.70 bits per heavy atom. The van der Waals surface area contributed by atoms with Crippen LogP contribution < -0.4 is 5.32 Å². The molecule has 2 atom stereocenters. The molecule has 0 bridgehead atoms. The van der Waals surface area contributed by atoms with Gasteiger partial charge in [-0.15, -0.1) is 0 Å². The van der Waals surface area contributed by atoms with Gasteiger partial charge in [0, 0.05) is 10.8 Å². The van der Waals surface area contributed by atoms with Crippen LogP contribution in [0.3, 0.4) is 0 Å². The summed E-state index contributed by atoms with van der Waals surface area (Å²) in [5, 5.41) is 3.37. The summed E-state index contributed by atoms with van der Waals surface area (Å²) in [6.07, 6.45) is -2.12. The Labute approximate surface area is 122 Å². The lowest BCUT2D eigenvalue weighted by Crippen LogP contribution is -2.37. The third-order valence-corrected chi connectivity index (χ3v) is 5.41. The van der Waals surface area contributed by atoms with E-state index in [9.17, 15) is 13.2 Å². The van der Waals surface area contributed by atoms with Gasteiger partial charge in [-0.25, -0.2) is 0 Å². The van der Waals surface area contributed by atoms with Crippen molar-refractivity contribution >= 4 is 11.8 Å². The molecule has 2 rings (SSSR count). The fourth-order valence-electron chi connectivity index (χ4n) is 2.81. The van der Waals surface area contributed by atoms with E-state index in [1.165, 1.54) is 12.1 Å². The lowest BCUT2D eigenvalue weighted by Gasteiger charge is -2.34. The molecule has 2 unspecified atom stereocenters. The first-order valence-corrected chi connectivity index (χ1v) is 7.90. The summed E-state index contributed by atoms with van der Waals surface area (Å²) in [4.78, 5) is 0. The number of hydrogen-bond donors (Lipinski definition) is 1. The highest BCUT2D eigenvalue weighted by Gasteiger charge is 2.39. The molecular formula is C15H20F3NS. The summed E-state index contributed by atoms with van der Waals surface area (Å²) in [6.45, 7) is 4.89. The Hall–Kier alpha value is -0.680.